The summed E-state index contributed by atoms with van der Waals surface area (Å²) in [5.74, 6) is 0. The summed E-state index contributed by atoms with van der Waals surface area (Å²) in [5, 5.41) is 4.10. The molecule has 0 spiro atoms. The van der Waals surface area contributed by atoms with Gasteiger partial charge in [0.25, 0.3) is 0 Å². The van der Waals surface area contributed by atoms with Crippen LogP contribution in [-0.4, -0.2) is 29.8 Å². The number of carbonyl (C=O) groups excluding carboxylic acids is 1. The van der Waals surface area contributed by atoms with E-state index in [4.69, 9.17) is 4.84 Å². The van der Waals surface area contributed by atoms with Crippen LogP contribution in [0.15, 0.2) is 0 Å². The molecule has 0 bridgehead atoms. The van der Waals surface area contributed by atoms with E-state index < -0.39 is 0 Å². The lowest BCUT2D eigenvalue weighted by Gasteiger charge is -2.16. The van der Waals surface area contributed by atoms with E-state index in [1.807, 2.05) is 20.8 Å². The number of amides is 2. The van der Waals surface area contributed by atoms with Crippen molar-refractivity contribution in [3.8, 4) is 0 Å². The molecule has 0 aromatic rings. The van der Waals surface area contributed by atoms with E-state index in [0.29, 0.717) is 6.54 Å². The van der Waals surface area contributed by atoms with Gasteiger partial charge in [0.1, 0.15) is 0 Å². The summed E-state index contributed by atoms with van der Waals surface area (Å²) in [6.07, 6.45) is 0.0612. The third-order valence-electron chi connectivity index (χ3n) is 1.37. The molecule has 0 aromatic carbocycles. The Bertz CT molecular complexity index is 159. The van der Waals surface area contributed by atoms with Gasteiger partial charge in [-0.1, -0.05) is 0 Å². The highest BCUT2D eigenvalue weighted by atomic mass is 16.7. The lowest BCUT2D eigenvalue weighted by molar-refractivity contribution is -0.137. The molecule has 0 aromatic heterocycles. The Hall–Kier alpha value is -0.770. The Morgan fingerprint density at radius 3 is 2.73 bits per heavy atom. The highest BCUT2D eigenvalue weighted by molar-refractivity contribution is 5.75. The van der Waals surface area contributed by atoms with Gasteiger partial charge < -0.3 is 5.32 Å². The van der Waals surface area contributed by atoms with Gasteiger partial charge in [0.05, 0.1) is 12.6 Å². The van der Waals surface area contributed by atoms with Crippen LogP contribution in [0.2, 0.25) is 0 Å². The summed E-state index contributed by atoms with van der Waals surface area (Å²) < 4.78 is 0. The number of hydrogen-bond donors (Lipinski definition) is 1. The van der Waals surface area contributed by atoms with Gasteiger partial charge in [-0.25, -0.2) is 9.86 Å². The Kier molecular flexibility index (Phi) is 2.34. The molecule has 1 aliphatic heterocycles. The summed E-state index contributed by atoms with van der Waals surface area (Å²) in [7, 11) is 0. The van der Waals surface area contributed by atoms with E-state index in [1.165, 1.54) is 5.06 Å². The van der Waals surface area contributed by atoms with Crippen molar-refractivity contribution in [1.82, 2.24) is 10.4 Å². The van der Waals surface area contributed by atoms with Crippen LogP contribution >= 0.6 is 0 Å². The first-order valence-electron chi connectivity index (χ1n) is 3.84. The highest BCUT2D eigenvalue weighted by Gasteiger charge is 2.26. The fourth-order valence-corrected chi connectivity index (χ4v) is 1.01. The molecule has 1 rings (SSSR count). The molecular weight excluding hydrogens is 144 g/mol. The monoisotopic (exact) mass is 158 g/mol. The van der Waals surface area contributed by atoms with Gasteiger partial charge in [0.2, 0.25) is 0 Å². The number of carbonyl (C=O) groups is 1. The first kappa shape index (κ1) is 8.33. The van der Waals surface area contributed by atoms with Crippen molar-refractivity contribution >= 4 is 6.03 Å². The van der Waals surface area contributed by atoms with Crippen LogP contribution in [0.25, 0.3) is 0 Å². The molecule has 0 saturated carbocycles. The predicted molar refractivity (Wildman–Crippen MR) is 40.9 cm³/mol. The summed E-state index contributed by atoms with van der Waals surface area (Å²) in [5.41, 5.74) is 0. The molecule has 1 aliphatic rings. The molecule has 1 saturated heterocycles. The zero-order valence-corrected chi connectivity index (χ0v) is 7.13. The number of nitrogens with one attached hydrogen (secondary N) is 1. The molecule has 0 aliphatic carbocycles. The van der Waals surface area contributed by atoms with E-state index in [9.17, 15) is 4.79 Å². The van der Waals surface area contributed by atoms with Gasteiger partial charge >= 0.3 is 6.03 Å². The Balaban J connectivity index is 2.41. The van der Waals surface area contributed by atoms with E-state index in [-0.39, 0.29) is 18.2 Å². The van der Waals surface area contributed by atoms with Gasteiger partial charge in [0, 0.05) is 6.04 Å². The van der Waals surface area contributed by atoms with Crippen molar-refractivity contribution in [1.29, 1.82) is 0 Å². The minimum Gasteiger partial charge on any atom is -0.332 e. The largest absolute Gasteiger partial charge is 0.341 e. The van der Waals surface area contributed by atoms with Crippen LogP contribution in [0.3, 0.4) is 0 Å². The van der Waals surface area contributed by atoms with Crippen molar-refractivity contribution < 1.29 is 9.63 Å². The van der Waals surface area contributed by atoms with Crippen LogP contribution in [-0.2, 0) is 4.84 Å². The molecular formula is C7H14N2O2. The van der Waals surface area contributed by atoms with E-state index in [1.54, 1.807) is 0 Å². The molecule has 2 amide bonds. The standard InChI is InChI=1S/C7H14N2O2/c1-5(2)11-9-4-6(3)8-7(9)10/h5-6H,4H2,1-3H3,(H,8,10). The van der Waals surface area contributed by atoms with E-state index >= 15 is 0 Å². The summed E-state index contributed by atoms with van der Waals surface area (Å²) in [4.78, 5) is 16.2. The third kappa shape index (κ3) is 2.08. The van der Waals surface area contributed by atoms with Crippen LogP contribution < -0.4 is 5.32 Å². The molecule has 1 fully saturated rings. The van der Waals surface area contributed by atoms with Crippen molar-refractivity contribution in [2.75, 3.05) is 6.54 Å². The van der Waals surface area contributed by atoms with Gasteiger partial charge in [-0.15, -0.1) is 0 Å². The van der Waals surface area contributed by atoms with Crippen molar-refractivity contribution in [2.45, 2.75) is 32.9 Å². The number of nitrogens with zero attached hydrogens (tertiary/aromatic N) is 1. The Morgan fingerprint density at radius 2 is 2.36 bits per heavy atom. The average Bonchev–Trinajstić information content (AvgIpc) is 2.09. The maximum absolute atomic E-state index is 11.0. The maximum atomic E-state index is 11.0. The number of hydrogen-bond acceptors (Lipinski definition) is 2. The van der Waals surface area contributed by atoms with Gasteiger partial charge in [-0.05, 0) is 20.8 Å². The zero-order chi connectivity index (χ0) is 8.43. The highest BCUT2D eigenvalue weighted by Crippen LogP contribution is 2.05. The SMILES string of the molecule is CC1CN(OC(C)C)C(=O)N1. The van der Waals surface area contributed by atoms with Gasteiger partial charge in [-0.2, -0.15) is 0 Å². The first-order valence-corrected chi connectivity index (χ1v) is 3.84. The smallest absolute Gasteiger partial charge is 0.332 e. The fraction of sp³-hybridized carbons (Fsp3) is 0.857. The molecule has 1 atom stereocenters. The van der Waals surface area contributed by atoms with Gasteiger partial charge in [0.15, 0.2) is 0 Å². The van der Waals surface area contributed by atoms with Crippen LogP contribution in [0.1, 0.15) is 20.8 Å². The lowest BCUT2D eigenvalue weighted by Crippen LogP contribution is -2.30. The summed E-state index contributed by atoms with van der Waals surface area (Å²) >= 11 is 0. The maximum Gasteiger partial charge on any atom is 0.341 e. The van der Waals surface area contributed by atoms with Crippen molar-refractivity contribution in [2.24, 2.45) is 0 Å². The number of urea groups is 1. The third-order valence-corrected chi connectivity index (χ3v) is 1.37. The first-order chi connectivity index (χ1) is 5.09. The predicted octanol–water partition coefficient (Wildman–Crippen LogP) is 0.740. The molecule has 1 N–H and O–H groups in total. The molecule has 4 heteroatoms. The van der Waals surface area contributed by atoms with E-state index in [2.05, 4.69) is 5.32 Å². The van der Waals surface area contributed by atoms with Crippen LogP contribution in [0.5, 0.6) is 0 Å². The lowest BCUT2D eigenvalue weighted by atomic mass is 10.4. The van der Waals surface area contributed by atoms with Crippen LogP contribution in [0, 0.1) is 0 Å². The second-order valence-corrected chi connectivity index (χ2v) is 3.07. The van der Waals surface area contributed by atoms with E-state index in [0.717, 1.165) is 0 Å². The summed E-state index contributed by atoms with van der Waals surface area (Å²) in [6.45, 7) is 6.38. The normalized spacial score (nSPS) is 24.5. The molecule has 64 valence electrons. The average molecular weight is 158 g/mol. The van der Waals surface area contributed by atoms with Crippen molar-refractivity contribution in [3.05, 3.63) is 0 Å². The zero-order valence-electron chi connectivity index (χ0n) is 7.13. The molecule has 0 radical (unpaired) electrons. The molecule has 1 heterocycles. The van der Waals surface area contributed by atoms with Crippen molar-refractivity contribution in [3.63, 3.8) is 0 Å². The minimum absolute atomic E-state index is 0.0612. The topological polar surface area (TPSA) is 41.6 Å². The quantitative estimate of drug-likeness (QED) is 0.644. The second-order valence-electron chi connectivity index (χ2n) is 3.07. The number of rotatable bonds is 2. The Labute approximate surface area is 66.5 Å². The minimum atomic E-state index is -0.133. The summed E-state index contributed by atoms with van der Waals surface area (Å²) in [6, 6.07) is 0.0625. The second kappa shape index (κ2) is 3.09. The molecule has 4 nitrogen and oxygen atoms in total. The van der Waals surface area contributed by atoms with Crippen LogP contribution in [0.4, 0.5) is 4.79 Å². The Morgan fingerprint density at radius 1 is 1.73 bits per heavy atom. The molecule has 1 unspecified atom stereocenters. The van der Waals surface area contributed by atoms with Gasteiger partial charge in [-0.3, -0.25) is 4.84 Å². The fourth-order valence-electron chi connectivity index (χ4n) is 1.01. The number of hydroxylamine groups is 2. The molecule has 11 heavy (non-hydrogen) atoms.